The van der Waals surface area contributed by atoms with Gasteiger partial charge in [0.05, 0.1) is 11.1 Å². The first-order valence-corrected chi connectivity index (χ1v) is 7.92. The van der Waals surface area contributed by atoms with Gasteiger partial charge in [0.15, 0.2) is 0 Å². The van der Waals surface area contributed by atoms with Crippen molar-refractivity contribution in [3.63, 3.8) is 0 Å². The van der Waals surface area contributed by atoms with Crippen molar-refractivity contribution in [1.29, 1.82) is 0 Å². The Morgan fingerprint density at radius 1 is 1.48 bits per heavy atom. The van der Waals surface area contributed by atoms with Crippen molar-refractivity contribution in [2.75, 3.05) is 17.6 Å². The predicted molar refractivity (Wildman–Crippen MR) is 85.1 cm³/mol. The van der Waals surface area contributed by atoms with Crippen molar-refractivity contribution in [3.8, 4) is 0 Å². The number of carboxylic acid groups (broad SMARTS) is 1. The van der Waals surface area contributed by atoms with Gasteiger partial charge in [0, 0.05) is 16.7 Å². The molecule has 1 saturated heterocycles. The Morgan fingerprint density at radius 2 is 2.33 bits per heavy atom. The lowest BCUT2D eigenvalue weighted by Crippen LogP contribution is -2.27. The molecular weight excluding hydrogens is 286 g/mol. The predicted octanol–water partition coefficient (Wildman–Crippen LogP) is 3.03. The maximum absolute atomic E-state index is 11.0. The number of benzene rings is 1. The zero-order chi connectivity index (χ0) is 14.9. The molecule has 1 aliphatic heterocycles. The zero-order valence-corrected chi connectivity index (χ0v) is 12.6. The average Bonchev–Trinajstić information content (AvgIpc) is 2.91. The van der Waals surface area contributed by atoms with Gasteiger partial charge in [-0.25, -0.2) is 14.8 Å². The minimum Gasteiger partial charge on any atom is -0.478 e. The third-order valence-electron chi connectivity index (χ3n) is 3.81. The second-order valence-corrected chi connectivity index (χ2v) is 7.20. The number of hydrogen-bond acceptors (Lipinski definition) is 5. The van der Waals surface area contributed by atoms with Gasteiger partial charge in [0.1, 0.15) is 12.1 Å². The molecular formula is C15H17N3O2S. The summed E-state index contributed by atoms with van der Waals surface area (Å²) in [5.74, 6) is 1.04. The lowest BCUT2D eigenvalue weighted by Gasteiger charge is -2.23. The van der Waals surface area contributed by atoms with Crippen molar-refractivity contribution in [3.05, 3.63) is 30.1 Å². The summed E-state index contributed by atoms with van der Waals surface area (Å²) < 4.78 is 0.248. The Bertz CT molecular complexity index is 684. The van der Waals surface area contributed by atoms with E-state index in [1.807, 2.05) is 11.8 Å². The van der Waals surface area contributed by atoms with Crippen LogP contribution in [0.4, 0.5) is 5.82 Å². The number of fused-ring (bicyclic) bond motifs is 1. The van der Waals surface area contributed by atoms with Crippen LogP contribution in [0.2, 0.25) is 0 Å². The summed E-state index contributed by atoms with van der Waals surface area (Å²) in [6, 6.07) is 4.94. The number of aromatic nitrogens is 2. The van der Waals surface area contributed by atoms with Crippen LogP contribution in [0.1, 0.15) is 30.1 Å². The molecule has 2 heterocycles. The number of nitrogens with one attached hydrogen (secondary N) is 1. The van der Waals surface area contributed by atoms with Crippen LogP contribution in [0.5, 0.6) is 0 Å². The minimum atomic E-state index is -0.945. The minimum absolute atomic E-state index is 0.241. The zero-order valence-electron chi connectivity index (χ0n) is 11.8. The summed E-state index contributed by atoms with van der Waals surface area (Å²) in [6.07, 6.45) is 3.94. The number of nitrogens with zero attached hydrogens (tertiary/aromatic N) is 2. The molecule has 110 valence electrons. The molecule has 0 saturated carbocycles. The SMILES string of the molecule is CC1(CNc2ncnc3cc(C(=O)O)ccc23)CCCS1. The molecule has 2 aromatic rings. The Hall–Kier alpha value is -1.82. The van der Waals surface area contributed by atoms with Gasteiger partial charge in [0.25, 0.3) is 0 Å². The number of rotatable bonds is 4. The van der Waals surface area contributed by atoms with Crippen molar-refractivity contribution < 1.29 is 9.90 Å². The van der Waals surface area contributed by atoms with E-state index < -0.39 is 5.97 Å². The van der Waals surface area contributed by atoms with E-state index in [9.17, 15) is 4.79 Å². The summed E-state index contributed by atoms with van der Waals surface area (Å²) in [5.41, 5.74) is 0.891. The van der Waals surface area contributed by atoms with E-state index in [0.717, 1.165) is 17.7 Å². The van der Waals surface area contributed by atoms with Crippen LogP contribution in [0, 0.1) is 0 Å². The van der Waals surface area contributed by atoms with Crippen molar-refractivity contribution in [2.45, 2.75) is 24.5 Å². The Labute approximate surface area is 127 Å². The van der Waals surface area contributed by atoms with Crippen LogP contribution in [0.15, 0.2) is 24.5 Å². The molecule has 1 unspecified atom stereocenters. The maximum atomic E-state index is 11.0. The molecule has 5 nitrogen and oxygen atoms in total. The van der Waals surface area contributed by atoms with E-state index in [2.05, 4.69) is 22.2 Å². The third-order valence-corrected chi connectivity index (χ3v) is 5.35. The highest BCUT2D eigenvalue weighted by Gasteiger charge is 2.29. The number of carbonyl (C=O) groups is 1. The highest BCUT2D eigenvalue weighted by Crippen LogP contribution is 2.37. The summed E-state index contributed by atoms with van der Waals surface area (Å²) in [6.45, 7) is 3.12. The molecule has 21 heavy (non-hydrogen) atoms. The van der Waals surface area contributed by atoms with E-state index in [1.54, 1.807) is 18.2 Å². The van der Waals surface area contributed by atoms with E-state index in [1.165, 1.54) is 24.9 Å². The topological polar surface area (TPSA) is 75.1 Å². The number of carboxylic acids is 1. The van der Waals surface area contributed by atoms with Gasteiger partial charge in [0.2, 0.25) is 0 Å². The fraction of sp³-hybridized carbons (Fsp3) is 0.400. The van der Waals surface area contributed by atoms with E-state index in [-0.39, 0.29) is 10.3 Å². The quantitative estimate of drug-likeness (QED) is 0.904. The molecule has 1 aromatic carbocycles. The number of thioether (sulfide) groups is 1. The molecule has 1 fully saturated rings. The van der Waals surface area contributed by atoms with E-state index >= 15 is 0 Å². The summed E-state index contributed by atoms with van der Waals surface area (Å²) in [4.78, 5) is 19.5. The van der Waals surface area contributed by atoms with Crippen molar-refractivity contribution in [2.24, 2.45) is 0 Å². The Morgan fingerprint density at radius 3 is 3.05 bits per heavy atom. The molecule has 0 aliphatic carbocycles. The van der Waals surface area contributed by atoms with Gasteiger partial charge >= 0.3 is 5.97 Å². The van der Waals surface area contributed by atoms with Gasteiger partial charge in [-0.15, -0.1) is 0 Å². The molecule has 2 N–H and O–H groups in total. The Balaban J connectivity index is 1.86. The van der Waals surface area contributed by atoms with Gasteiger partial charge in [-0.2, -0.15) is 11.8 Å². The summed E-state index contributed by atoms with van der Waals surface area (Å²) in [5, 5.41) is 13.3. The van der Waals surface area contributed by atoms with Crippen LogP contribution in [-0.2, 0) is 0 Å². The van der Waals surface area contributed by atoms with Crippen molar-refractivity contribution >= 4 is 34.5 Å². The first-order valence-electron chi connectivity index (χ1n) is 6.93. The monoisotopic (exact) mass is 303 g/mol. The Kier molecular flexibility index (Phi) is 3.71. The standard InChI is InChI=1S/C15H17N3O2S/c1-15(5-2-6-21-15)8-16-13-11-4-3-10(14(19)20)7-12(11)17-9-18-13/h3-4,7,9H,2,5-6,8H2,1H3,(H,19,20)(H,16,17,18). The lowest BCUT2D eigenvalue weighted by atomic mass is 10.1. The smallest absolute Gasteiger partial charge is 0.335 e. The highest BCUT2D eigenvalue weighted by molar-refractivity contribution is 8.00. The molecule has 1 aromatic heterocycles. The first kappa shape index (κ1) is 14.1. The van der Waals surface area contributed by atoms with Gasteiger partial charge < -0.3 is 10.4 Å². The van der Waals surface area contributed by atoms with E-state index in [0.29, 0.717) is 5.52 Å². The molecule has 3 rings (SSSR count). The molecule has 0 spiro atoms. The second-order valence-electron chi connectivity index (χ2n) is 5.51. The molecule has 0 bridgehead atoms. The van der Waals surface area contributed by atoms with Crippen LogP contribution in [-0.4, -0.2) is 38.1 Å². The van der Waals surface area contributed by atoms with Crippen LogP contribution in [0.25, 0.3) is 10.9 Å². The highest BCUT2D eigenvalue weighted by atomic mass is 32.2. The lowest BCUT2D eigenvalue weighted by molar-refractivity contribution is 0.0697. The molecule has 0 radical (unpaired) electrons. The third kappa shape index (κ3) is 2.95. The number of aromatic carboxylic acids is 1. The van der Waals surface area contributed by atoms with E-state index in [4.69, 9.17) is 5.11 Å². The van der Waals surface area contributed by atoms with Crippen LogP contribution < -0.4 is 5.32 Å². The van der Waals surface area contributed by atoms with Gasteiger partial charge in [-0.1, -0.05) is 0 Å². The average molecular weight is 303 g/mol. The summed E-state index contributed by atoms with van der Waals surface area (Å²) in [7, 11) is 0. The fourth-order valence-corrected chi connectivity index (χ4v) is 3.82. The molecule has 0 amide bonds. The fourth-order valence-electron chi connectivity index (χ4n) is 2.58. The first-order chi connectivity index (χ1) is 10.1. The second kappa shape index (κ2) is 5.52. The van der Waals surface area contributed by atoms with Gasteiger partial charge in [-0.3, -0.25) is 0 Å². The molecule has 6 heteroatoms. The van der Waals surface area contributed by atoms with Crippen LogP contribution in [0.3, 0.4) is 0 Å². The van der Waals surface area contributed by atoms with Crippen molar-refractivity contribution in [1.82, 2.24) is 9.97 Å². The normalized spacial score (nSPS) is 21.6. The van der Waals surface area contributed by atoms with Gasteiger partial charge in [-0.05, 0) is 43.7 Å². The summed E-state index contributed by atoms with van der Waals surface area (Å²) >= 11 is 1.99. The van der Waals surface area contributed by atoms with Crippen LogP contribution >= 0.6 is 11.8 Å². The molecule has 1 aliphatic rings. The number of anilines is 1. The molecule has 1 atom stereocenters. The number of hydrogen-bond donors (Lipinski definition) is 2. The largest absolute Gasteiger partial charge is 0.478 e. The maximum Gasteiger partial charge on any atom is 0.335 e.